The van der Waals surface area contributed by atoms with Crippen molar-refractivity contribution in [3.8, 4) is 0 Å². The minimum atomic E-state index is -3.45. The number of Topliss-reactive ketones (excluding diaryl/α,β-unsaturated/α-hetero) is 1. The minimum absolute atomic E-state index is 0.0103. The molecule has 0 spiro atoms. The Morgan fingerprint density at radius 2 is 1.81 bits per heavy atom. The number of aromatic nitrogens is 1. The first-order chi connectivity index (χ1) is 12.0. The molecule has 136 valence electrons. The lowest BCUT2D eigenvalue weighted by Crippen LogP contribution is -2.29. The second kappa shape index (κ2) is 5.98. The Morgan fingerprint density at radius 3 is 2.38 bits per heavy atom. The van der Waals surface area contributed by atoms with Crippen LogP contribution in [-0.2, 0) is 19.4 Å². The zero-order chi connectivity index (χ0) is 19.3. The van der Waals surface area contributed by atoms with Gasteiger partial charge in [-0.05, 0) is 44.2 Å². The normalized spacial score (nSPS) is 16.7. The lowest BCUT2D eigenvalue weighted by molar-refractivity contribution is -0.125. The summed E-state index contributed by atoms with van der Waals surface area (Å²) >= 11 is 0. The molecule has 0 fully saturated rings. The van der Waals surface area contributed by atoms with Gasteiger partial charge in [0.1, 0.15) is 17.3 Å². The van der Waals surface area contributed by atoms with Crippen LogP contribution in [0.3, 0.4) is 0 Å². The van der Waals surface area contributed by atoms with Crippen molar-refractivity contribution in [3.05, 3.63) is 59.4 Å². The number of pyridine rings is 1. The van der Waals surface area contributed by atoms with Crippen molar-refractivity contribution in [2.24, 2.45) is 0 Å². The van der Waals surface area contributed by atoms with Crippen LogP contribution in [0.25, 0.3) is 11.3 Å². The van der Waals surface area contributed by atoms with E-state index in [0.29, 0.717) is 0 Å². The molecule has 1 aromatic carbocycles. The van der Waals surface area contributed by atoms with Crippen molar-refractivity contribution in [1.29, 1.82) is 0 Å². The maximum Gasteiger partial charge on any atom is 0.210 e. The summed E-state index contributed by atoms with van der Waals surface area (Å²) in [6.45, 7) is 3.01. The molecule has 0 aliphatic carbocycles. The van der Waals surface area contributed by atoms with E-state index in [0.717, 1.165) is 30.7 Å². The average molecular weight is 379 g/mol. The number of ketones is 1. The zero-order valence-electron chi connectivity index (χ0n) is 14.2. The molecule has 3 rings (SSSR count). The molecule has 2 aromatic rings. The van der Waals surface area contributed by atoms with E-state index >= 15 is 0 Å². The Bertz CT molecular complexity index is 1040. The summed E-state index contributed by atoms with van der Waals surface area (Å²) in [5.41, 5.74) is -1.51. The molecule has 8 heteroatoms. The summed E-state index contributed by atoms with van der Waals surface area (Å²) in [6, 6.07) is 5.46. The highest BCUT2D eigenvalue weighted by Gasteiger charge is 2.44. The van der Waals surface area contributed by atoms with Crippen molar-refractivity contribution in [1.82, 2.24) is 4.98 Å². The SMILES string of the molecule is CC1(C)OC(c2ccc(S(C)(=O)=O)cn2)=C(c2cc(F)ccc2F)C1=O. The fourth-order valence-corrected chi connectivity index (χ4v) is 3.16. The first-order valence-electron chi connectivity index (χ1n) is 7.61. The van der Waals surface area contributed by atoms with E-state index in [4.69, 9.17) is 4.74 Å². The molecule has 0 saturated carbocycles. The molecule has 2 heterocycles. The summed E-state index contributed by atoms with van der Waals surface area (Å²) in [7, 11) is -3.45. The van der Waals surface area contributed by atoms with Gasteiger partial charge in [0.2, 0.25) is 5.78 Å². The molecule has 0 saturated heterocycles. The molecular formula is C18H15F2NO4S. The van der Waals surface area contributed by atoms with Gasteiger partial charge in [0.15, 0.2) is 21.2 Å². The van der Waals surface area contributed by atoms with Crippen LogP contribution < -0.4 is 0 Å². The molecular weight excluding hydrogens is 364 g/mol. The van der Waals surface area contributed by atoms with Gasteiger partial charge < -0.3 is 4.74 Å². The van der Waals surface area contributed by atoms with Crippen LogP contribution in [0.4, 0.5) is 8.78 Å². The van der Waals surface area contributed by atoms with Gasteiger partial charge >= 0.3 is 0 Å². The Kier molecular flexibility index (Phi) is 4.18. The second-order valence-corrected chi connectivity index (χ2v) is 8.44. The Morgan fingerprint density at radius 1 is 1.12 bits per heavy atom. The molecule has 5 nitrogen and oxygen atoms in total. The number of benzene rings is 1. The summed E-state index contributed by atoms with van der Waals surface area (Å²) in [5.74, 6) is -2.03. The minimum Gasteiger partial charge on any atom is -0.477 e. The van der Waals surface area contributed by atoms with Gasteiger partial charge in [-0.25, -0.2) is 17.2 Å². The summed E-state index contributed by atoms with van der Waals surface area (Å²) in [6.07, 6.45) is 2.16. The number of carbonyl (C=O) groups excluding carboxylic acids is 1. The van der Waals surface area contributed by atoms with Gasteiger partial charge in [-0.2, -0.15) is 0 Å². The third kappa shape index (κ3) is 3.12. The maximum absolute atomic E-state index is 14.2. The van der Waals surface area contributed by atoms with E-state index in [1.165, 1.54) is 26.0 Å². The van der Waals surface area contributed by atoms with Crippen molar-refractivity contribution < 1.29 is 26.7 Å². The molecule has 1 aliphatic heterocycles. The van der Waals surface area contributed by atoms with Gasteiger partial charge in [0.05, 0.1) is 10.5 Å². The molecule has 26 heavy (non-hydrogen) atoms. The van der Waals surface area contributed by atoms with E-state index in [-0.39, 0.29) is 27.5 Å². The number of carbonyl (C=O) groups is 1. The quantitative estimate of drug-likeness (QED) is 0.820. The van der Waals surface area contributed by atoms with Gasteiger partial charge in [-0.1, -0.05) is 0 Å². The predicted molar refractivity (Wildman–Crippen MR) is 90.7 cm³/mol. The Balaban J connectivity index is 2.22. The molecule has 0 amide bonds. The van der Waals surface area contributed by atoms with E-state index in [1.54, 1.807) is 0 Å². The third-order valence-electron chi connectivity index (χ3n) is 3.95. The standard InChI is InChI=1S/C18H15F2NO4S/c1-18(2)17(22)15(12-8-10(19)4-6-13(12)20)16(25-18)14-7-5-11(9-21-14)26(3,23)24/h4-9H,1-3H3. The smallest absolute Gasteiger partial charge is 0.210 e. The fraction of sp³-hybridized carbons (Fsp3) is 0.222. The zero-order valence-corrected chi connectivity index (χ0v) is 15.0. The van der Waals surface area contributed by atoms with Crippen molar-refractivity contribution in [2.45, 2.75) is 24.3 Å². The van der Waals surface area contributed by atoms with Gasteiger partial charge in [-0.3, -0.25) is 9.78 Å². The Labute approximate surface area is 149 Å². The van der Waals surface area contributed by atoms with Crippen LogP contribution >= 0.6 is 0 Å². The van der Waals surface area contributed by atoms with Crippen LogP contribution in [0.2, 0.25) is 0 Å². The maximum atomic E-state index is 14.2. The number of ether oxygens (including phenoxy) is 1. The van der Waals surface area contributed by atoms with Crippen molar-refractivity contribution >= 4 is 27.0 Å². The topological polar surface area (TPSA) is 73.3 Å². The number of sulfone groups is 1. The summed E-state index contributed by atoms with van der Waals surface area (Å²) < 4.78 is 56.6. The lowest BCUT2D eigenvalue weighted by Gasteiger charge is -2.17. The van der Waals surface area contributed by atoms with Crippen LogP contribution in [0.5, 0.6) is 0 Å². The number of hydrogen-bond acceptors (Lipinski definition) is 5. The van der Waals surface area contributed by atoms with Gasteiger partial charge in [0.25, 0.3) is 0 Å². The molecule has 1 aromatic heterocycles. The van der Waals surface area contributed by atoms with Crippen LogP contribution in [0, 0.1) is 11.6 Å². The van der Waals surface area contributed by atoms with Crippen LogP contribution in [0.15, 0.2) is 41.4 Å². The highest BCUT2D eigenvalue weighted by Crippen LogP contribution is 2.41. The van der Waals surface area contributed by atoms with Crippen molar-refractivity contribution in [2.75, 3.05) is 6.26 Å². The Hall–Kier alpha value is -2.61. The largest absolute Gasteiger partial charge is 0.477 e. The first kappa shape index (κ1) is 18.2. The monoisotopic (exact) mass is 379 g/mol. The fourth-order valence-electron chi connectivity index (χ4n) is 2.60. The van der Waals surface area contributed by atoms with Gasteiger partial charge in [-0.15, -0.1) is 0 Å². The van der Waals surface area contributed by atoms with E-state index in [2.05, 4.69) is 4.98 Å². The van der Waals surface area contributed by atoms with E-state index in [1.807, 2.05) is 0 Å². The van der Waals surface area contributed by atoms with Crippen LogP contribution in [0.1, 0.15) is 25.1 Å². The average Bonchev–Trinajstić information content (AvgIpc) is 2.79. The highest BCUT2D eigenvalue weighted by atomic mass is 32.2. The third-order valence-corrected chi connectivity index (χ3v) is 5.05. The molecule has 0 N–H and O–H groups in total. The molecule has 1 aliphatic rings. The van der Waals surface area contributed by atoms with Crippen LogP contribution in [-0.4, -0.2) is 31.0 Å². The number of nitrogens with zero attached hydrogens (tertiary/aromatic N) is 1. The second-order valence-electron chi connectivity index (χ2n) is 6.42. The number of hydrogen-bond donors (Lipinski definition) is 0. The molecule has 0 radical (unpaired) electrons. The molecule has 0 bridgehead atoms. The van der Waals surface area contributed by atoms with E-state index in [9.17, 15) is 22.0 Å². The number of halogens is 2. The van der Waals surface area contributed by atoms with Crippen molar-refractivity contribution in [3.63, 3.8) is 0 Å². The molecule has 0 atom stereocenters. The summed E-state index contributed by atoms with van der Waals surface area (Å²) in [4.78, 5) is 16.7. The lowest BCUT2D eigenvalue weighted by atomic mass is 9.93. The number of rotatable bonds is 3. The van der Waals surface area contributed by atoms with Gasteiger partial charge in [0, 0.05) is 18.0 Å². The molecule has 0 unspecified atom stereocenters. The highest BCUT2D eigenvalue weighted by molar-refractivity contribution is 7.90. The first-order valence-corrected chi connectivity index (χ1v) is 9.50. The predicted octanol–water partition coefficient (Wildman–Crippen LogP) is 3.01. The van der Waals surface area contributed by atoms with E-state index < -0.39 is 32.9 Å². The summed E-state index contributed by atoms with van der Waals surface area (Å²) in [5, 5.41) is 0.